The van der Waals surface area contributed by atoms with Crippen LogP contribution in [0.4, 0.5) is 0 Å². The van der Waals surface area contributed by atoms with Crippen LogP contribution in [0.15, 0.2) is 28.8 Å². The van der Waals surface area contributed by atoms with Crippen LogP contribution in [0, 0.1) is 13.8 Å². The minimum atomic E-state index is 0.0515. The van der Waals surface area contributed by atoms with Crippen molar-refractivity contribution in [2.45, 2.75) is 51.9 Å². The number of carbonyl (C=O) groups is 1. The van der Waals surface area contributed by atoms with Crippen LogP contribution in [0.5, 0.6) is 0 Å². The second-order valence-corrected chi connectivity index (χ2v) is 8.07. The summed E-state index contributed by atoms with van der Waals surface area (Å²) in [5.74, 6) is 1.64. The minimum absolute atomic E-state index is 0.0515. The fraction of sp³-hybridized carbons (Fsp3) is 0.455. The van der Waals surface area contributed by atoms with Crippen LogP contribution in [0.25, 0.3) is 5.69 Å². The second-order valence-electron chi connectivity index (χ2n) is 8.07. The number of aromatic nitrogens is 4. The van der Waals surface area contributed by atoms with Gasteiger partial charge >= 0.3 is 0 Å². The van der Waals surface area contributed by atoms with Gasteiger partial charge in [-0.25, -0.2) is 4.68 Å². The molecule has 0 saturated carbocycles. The maximum Gasteiger partial charge on any atom is 0.274 e. The Morgan fingerprint density at radius 1 is 1.14 bits per heavy atom. The van der Waals surface area contributed by atoms with Crippen LogP contribution in [-0.2, 0) is 12.8 Å². The minimum Gasteiger partial charge on any atom is -0.339 e. The Labute approximate surface area is 169 Å². The third-order valence-electron chi connectivity index (χ3n) is 6.15. The Balaban J connectivity index is 1.38. The highest BCUT2D eigenvalue weighted by Gasteiger charge is 2.33. The molecule has 2 aromatic heterocycles. The van der Waals surface area contributed by atoms with Gasteiger partial charge < -0.3 is 9.42 Å². The van der Waals surface area contributed by atoms with Gasteiger partial charge in [-0.3, -0.25) is 4.79 Å². The number of hydrogen-bond acceptors (Lipinski definition) is 5. The third-order valence-corrected chi connectivity index (χ3v) is 6.15. The molecule has 0 N–H and O–H groups in total. The zero-order chi connectivity index (χ0) is 20.0. The van der Waals surface area contributed by atoms with Gasteiger partial charge in [0.1, 0.15) is 0 Å². The van der Waals surface area contributed by atoms with Crippen molar-refractivity contribution in [1.29, 1.82) is 0 Å². The van der Waals surface area contributed by atoms with Gasteiger partial charge in [0, 0.05) is 30.3 Å². The number of carbonyl (C=O) groups excluding carboxylic acids is 1. The van der Waals surface area contributed by atoms with Crippen LogP contribution in [0.3, 0.4) is 0 Å². The first-order chi connectivity index (χ1) is 14.1. The molecule has 0 radical (unpaired) electrons. The molecule has 7 heteroatoms. The Kier molecular flexibility index (Phi) is 4.45. The lowest BCUT2D eigenvalue weighted by molar-refractivity contribution is 0.0697. The molecule has 29 heavy (non-hydrogen) atoms. The zero-order valence-electron chi connectivity index (χ0n) is 16.9. The number of fused-ring (bicyclic) bond motifs is 1. The topological polar surface area (TPSA) is 77.0 Å². The van der Waals surface area contributed by atoms with Crippen molar-refractivity contribution in [3.05, 3.63) is 58.5 Å². The van der Waals surface area contributed by atoms with Gasteiger partial charge in [0.05, 0.1) is 5.69 Å². The van der Waals surface area contributed by atoms with E-state index in [-0.39, 0.29) is 11.8 Å². The highest BCUT2D eigenvalue weighted by Crippen LogP contribution is 2.31. The molecule has 5 rings (SSSR count). The van der Waals surface area contributed by atoms with Crippen LogP contribution >= 0.6 is 0 Å². The number of amides is 1. The van der Waals surface area contributed by atoms with Gasteiger partial charge in [0.15, 0.2) is 11.5 Å². The average Bonchev–Trinajstić information content (AvgIpc) is 3.45. The number of benzene rings is 1. The summed E-state index contributed by atoms with van der Waals surface area (Å²) < 4.78 is 7.33. The van der Waals surface area contributed by atoms with Crippen molar-refractivity contribution in [2.24, 2.45) is 0 Å². The van der Waals surface area contributed by atoms with Gasteiger partial charge in [-0.2, -0.15) is 10.1 Å². The van der Waals surface area contributed by atoms with Gasteiger partial charge in [-0.1, -0.05) is 23.4 Å². The Morgan fingerprint density at radius 2 is 1.93 bits per heavy atom. The van der Waals surface area contributed by atoms with Crippen molar-refractivity contribution in [3.8, 4) is 5.69 Å². The molecule has 3 heterocycles. The van der Waals surface area contributed by atoms with E-state index in [1.807, 2.05) is 28.6 Å². The normalized spacial score (nSPS) is 17.0. The number of para-hydroxylation sites is 1. The van der Waals surface area contributed by atoms with E-state index >= 15 is 0 Å². The molecule has 2 aliphatic rings. The highest BCUT2D eigenvalue weighted by molar-refractivity contribution is 5.94. The molecule has 3 aromatic rings. The molecule has 150 valence electrons. The first-order valence-electron chi connectivity index (χ1n) is 10.4. The summed E-state index contributed by atoms with van der Waals surface area (Å²) in [6.07, 6.45) is 4.67. The van der Waals surface area contributed by atoms with Gasteiger partial charge in [0.25, 0.3) is 5.91 Å². The lowest BCUT2D eigenvalue weighted by Crippen LogP contribution is -2.38. The molecule has 0 spiro atoms. The van der Waals surface area contributed by atoms with Crippen molar-refractivity contribution in [2.75, 3.05) is 13.1 Å². The summed E-state index contributed by atoms with van der Waals surface area (Å²) in [5, 5.41) is 8.70. The van der Waals surface area contributed by atoms with Crippen molar-refractivity contribution in [3.63, 3.8) is 0 Å². The van der Waals surface area contributed by atoms with E-state index in [2.05, 4.69) is 29.2 Å². The quantitative estimate of drug-likeness (QED) is 0.684. The van der Waals surface area contributed by atoms with Gasteiger partial charge in [-0.15, -0.1) is 0 Å². The van der Waals surface area contributed by atoms with E-state index in [0.717, 1.165) is 43.4 Å². The highest BCUT2D eigenvalue weighted by atomic mass is 16.5. The summed E-state index contributed by atoms with van der Waals surface area (Å²) in [7, 11) is 0. The monoisotopic (exact) mass is 391 g/mol. The molecule has 1 aromatic carbocycles. The lowest BCUT2D eigenvalue weighted by Gasteiger charge is -2.30. The van der Waals surface area contributed by atoms with Crippen LogP contribution in [0.1, 0.15) is 64.2 Å². The number of nitrogens with zero attached hydrogens (tertiary/aromatic N) is 5. The molecular formula is C22H25N5O2. The first kappa shape index (κ1) is 18.1. The van der Waals surface area contributed by atoms with Crippen LogP contribution in [-0.4, -0.2) is 43.8 Å². The van der Waals surface area contributed by atoms with E-state index in [9.17, 15) is 4.79 Å². The summed E-state index contributed by atoms with van der Waals surface area (Å²) >= 11 is 0. The summed E-state index contributed by atoms with van der Waals surface area (Å²) in [5.41, 5.74) is 5.19. The molecule has 0 unspecified atom stereocenters. The number of rotatable bonds is 3. The molecule has 0 atom stereocenters. The predicted octanol–water partition coefficient (Wildman–Crippen LogP) is 3.38. The summed E-state index contributed by atoms with van der Waals surface area (Å²) in [6, 6.07) is 8.22. The summed E-state index contributed by atoms with van der Waals surface area (Å²) in [6.45, 7) is 5.30. The van der Waals surface area contributed by atoms with Crippen molar-refractivity contribution < 1.29 is 9.32 Å². The van der Waals surface area contributed by atoms with Crippen LogP contribution in [0.2, 0.25) is 0 Å². The fourth-order valence-electron chi connectivity index (χ4n) is 4.57. The Morgan fingerprint density at radius 3 is 2.66 bits per heavy atom. The average molecular weight is 391 g/mol. The molecule has 1 amide bonds. The van der Waals surface area contributed by atoms with E-state index < -0.39 is 0 Å². The molecule has 1 saturated heterocycles. The number of likely N-dealkylation sites (tertiary alicyclic amines) is 1. The Hall–Kier alpha value is -2.96. The van der Waals surface area contributed by atoms with Crippen molar-refractivity contribution in [1.82, 2.24) is 24.8 Å². The van der Waals surface area contributed by atoms with Crippen molar-refractivity contribution >= 4 is 5.91 Å². The first-order valence-corrected chi connectivity index (χ1v) is 10.4. The SMILES string of the molecule is Cc1noc(C2CCN(C(=O)c3nn(-c4ccccc4C)c4c3CCC4)CC2)n1. The van der Waals surface area contributed by atoms with E-state index in [0.29, 0.717) is 30.5 Å². The van der Waals surface area contributed by atoms with Gasteiger partial charge in [-0.05, 0) is 57.6 Å². The van der Waals surface area contributed by atoms with E-state index in [4.69, 9.17) is 9.62 Å². The molecule has 1 fully saturated rings. The standard InChI is InChI=1S/C22H25N5O2/c1-14-6-3-4-8-18(14)27-19-9-5-7-17(19)20(24-27)22(28)26-12-10-16(11-13-26)21-23-15(2)25-29-21/h3-4,6,8,16H,5,7,9-13H2,1-2H3. The Bertz CT molecular complexity index is 1060. The molecule has 7 nitrogen and oxygen atoms in total. The molecular weight excluding hydrogens is 366 g/mol. The van der Waals surface area contributed by atoms with E-state index in [1.165, 1.54) is 11.3 Å². The maximum absolute atomic E-state index is 13.3. The van der Waals surface area contributed by atoms with Gasteiger partial charge in [0.2, 0.25) is 5.89 Å². The maximum atomic E-state index is 13.3. The predicted molar refractivity (Wildman–Crippen MR) is 107 cm³/mol. The third kappa shape index (κ3) is 3.14. The molecule has 1 aliphatic heterocycles. The second kappa shape index (κ2) is 7.13. The number of hydrogen-bond donors (Lipinski definition) is 0. The summed E-state index contributed by atoms with van der Waals surface area (Å²) in [4.78, 5) is 19.6. The smallest absolute Gasteiger partial charge is 0.274 e. The largest absolute Gasteiger partial charge is 0.339 e. The zero-order valence-corrected chi connectivity index (χ0v) is 16.9. The lowest BCUT2D eigenvalue weighted by atomic mass is 9.96. The van der Waals surface area contributed by atoms with E-state index in [1.54, 1.807) is 0 Å². The fourth-order valence-corrected chi connectivity index (χ4v) is 4.57. The molecule has 1 aliphatic carbocycles. The number of piperidine rings is 1. The number of aryl methyl sites for hydroxylation is 2. The molecule has 0 bridgehead atoms. The van der Waals surface area contributed by atoms with Crippen LogP contribution < -0.4 is 0 Å².